The number of anilines is 1. The van der Waals surface area contributed by atoms with Gasteiger partial charge in [-0.2, -0.15) is 8.42 Å². The first-order valence-electron chi connectivity index (χ1n) is 4.50. The van der Waals surface area contributed by atoms with Gasteiger partial charge in [-0.05, 0) is 23.6 Å². The number of hydrogen-bond donors (Lipinski definition) is 2. The summed E-state index contributed by atoms with van der Waals surface area (Å²) in [7, 11) is -4.32. The van der Waals surface area contributed by atoms with Crippen molar-refractivity contribution in [1.82, 2.24) is 0 Å². The van der Waals surface area contributed by atoms with E-state index in [9.17, 15) is 8.42 Å². The fourth-order valence-corrected chi connectivity index (χ4v) is 3.47. The Morgan fingerprint density at radius 3 is 2.59 bits per heavy atom. The first kappa shape index (κ1) is 12.6. The lowest BCUT2D eigenvalue weighted by atomic mass is 10.1. The van der Waals surface area contributed by atoms with Crippen LogP contribution in [0.25, 0.3) is 10.4 Å². The standard InChI is InChI=1S/C10H8BrNO3S2/c11-6-4-7(8-2-1-3-16-8)10(12)9(5-6)17(13,14)15/h1-5H,12H2,(H,13,14,15). The predicted octanol–water partition coefficient (Wildman–Crippen LogP) is 3.01. The van der Waals surface area contributed by atoms with Gasteiger partial charge in [-0.15, -0.1) is 11.3 Å². The van der Waals surface area contributed by atoms with Crippen LogP contribution in [0, 0.1) is 0 Å². The minimum Gasteiger partial charge on any atom is -0.397 e. The van der Waals surface area contributed by atoms with Gasteiger partial charge in [0.15, 0.2) is 0 Å². The van der Waals surface area contributed by atoms with Crippen LogP contribution in [-0.2, 0) is 10.1 Å². The highest BCUT2D eigenvalue weighted by molar-refractivity contribution is 9.10. The van der Waals surface area contributed by atoms with Crippen molar-refractivity contribution in [2.75, 3.05) is 5.73 Å². The third kappa shape index (κ3) is 2.52. The molecule has 0 amide bonds. The summed E-state index contributed by atoms with van der Waals surface area (Å²) in [5, 5.41) is 1.86. The quantitative estimate of drug-likeness (QED) is 0.653. The maximum atomic E-state index is 11.2. The molecule has 3 N–H and O–H groups in total. The number of nitrogens with two attached hydrogens (primary N) is 1. The van der Waals surface area contributed by atoms with E-state index >= 15 is 0 Å². The third-order valence-electron chi connectivity index (χ3n) is 2.17. The molecule has 0 spiro atoms. The van der Waals surface area contributed by atoms with Gasteiger partial charge in [-0.3, -0.25) is 4.55 Å². The predicted molar refractivity (Wildman–Crippen MR) is 71.7 cm³/mol. The summed E-state index contributed by atoms with van der Waals surface area (Å²) in [6.07, 6.45) is 0. The Morgan fingerprint density at radius 1 is 1.35 bits per heavy atom. The molecule has 90 valence electrons. The molecule has 0 bridgehead atoms. The summed E-state index contributed by atoms with van der Waals surface area (Å²) in [6.45, 7) is 0. The highest BCUT2D eigenvalue weighted by Crippen LogP contribution is 2.36. The van der Waals surface area contributed by atoms with Gasteiger partial charge in [0, 0.05) is 14.9 Å². The zero-order chi connectivity index (χ0) is 12.6. The van der Waals surface area contributed by atoms with Gasteiger partial charge in [0.1, 0.15) is 4.90 Å². The van der Waals surface area contributed by atoms with Gasteiger partial charge < -0.3 is 5.73 Å². The lowest BCUT2D eigenvalue weighted by Gasteiger charge is -2.08. The molecule has 0 fully saturated rings. The molecule has 2 rings (SSSR count). The first-order chi connectivity index (χ1) is 7.89. The van der Waals surface area contributed by atoms with Crippen LogP contribution in [0.1, 0.15) is 0 Å². The maximum Gasteiger partial charge on any atom is 0.296 e. The first-order valence-corrected chi connectivity index (χ1v) is 7.61. The molecule has 0 atom stereocenters. The smallest absolute Gasteiger partial charge is 0.296 e. The second kappa shape index (κ2) is 4.41. The number of hydrogen-bond acceptors (Lipinski definition) is 4. The van der Waals surface area contributed by atoms with Crippen LogP contribution in [-0.4, -0.2) is 13.0 Å². The molecule has 17 heavy (non-hydrogen) atoms. The molecule has 0 aliphatic carbocycles. The van der Waals surface area contributed by atoms with E-state index in [0.717, 1.165) is 4.88 Å². The van der Waals surface area contributed by atoms with E-state index in [-0.39, 0.29) is 10.6 Å². The monoisotopic (exact) mass is 333 g/mol. The zero-order valence-corrected chi connectivity index (χ0v) is 11.6. The van der Waals surface area contributed by atoms with Crippen molar-refractivity contribution in [2.24, 2.45) is 0 Å². The average Bonchev–Trinajstić information content (AvgIpc) is 2.72. The van der Waals surface area contributed by atoms with E-state index < -0.39 is 10.1 Å². The Labute approximate surface area is 111 Å². The topological polar surface area (TPSA) is 80.4 Å². The average molecular weight is 334 g/mol. The summed E-state index contributed by atoms with van der Waals surface area (Å²) in [5.41, 5.74) is 6.42. The van der Waals surface area contributed by atoms with Crippen molar-refractivity contribution in [3.8, 4) is 10.4 Å². The number of halogens is 1. The molecule has 2 aromatic rings. The van der Waals surface area contributed by atoms with Gasteiger partial charge in [-0.1, -0.05) is 22.0 Å². The Kier molecular flexibility index (Phi) is 3.26. The SMILES string of the molecule is Nc1c(-c2cccs2)cc(Br)cc1S(=O)(=O)O. The summed E-state index contributed by atoms with van der Waals surface area (Å²) >= 11 is 4.64. The number of benzene rings is 1. The molecular formula is C10H8BrNO3S2. The molecule has 0 saturated heterocycles. The Balaban J connectivity index is 2.75. The van der Waals surface area contributed by atoms with Crippen molar-refractivity contribution in [2.45, 2.75) is 4.90 Å². The largest absolute Gasteiger partial charge is 0.397 e. The van der Waals surface area contributed by atoms with Gasteiger partial charge >= 0.3 is 0 Å². The number of rotatable bonds is 2. The second-order valence-corrected chi connectivity index (χ2v) is 6.57. The van der Waals surface area contributed by atoms with E-state index in [1.165, 1.54) is 17.4 Å². The Morgan fingerprint density at radius 2 is 2.06 bits per heavy atom. The minimum atomic E-state index is -4.32. The van der Waals surface area contributed by atoms with Gasteiger partial charge in [0.2, 0.25) is 0 Å². The van der Waals surface area contributed by atoms with Crippen LogP contribution in [0.2, 0.25) is 0 Å². The highest BCUT2D eigenvalue weighted by atomic mass is 79.9. The molecule has 0 aliphatic heterocycles. The molecular weight excluding hydrogens is 326 g/mol. The van der Waals surface area contributed by atoms with Crippen LogP contribution >= 0.6 is 27.3 Å². The molecule has 1 heterocycles. The van der Waals surface area contributed by atoms with E-state index in [0.29, 0.717) is 10.0 Å². The second-order valence-electron chi connectivity index (χ2n) is 3.32. The van der Waals surface area contributed by atoms with Gasteiger partial charge in [0.05, 0.1) is 5.69 Å². The van der Waals surface area contributed by atoms with E-state index in [2.05, 4.69) is 15.9 Å². The van der Waals surface area contributed by atoms with Crippen LogP contribution in [0.5, 0.6) is 0 Å². The van der Waals surface area contributed by atoms with Gasteiger partial charge in [-0.25, -0.2) is 0 Å². The van der Waals surface area contributed by atoms with Crippen LogP contribution < -0.4 is 5.73 Å². The minimum absolute atomic E-state index is 0.0538. The van der Waals surface area contributed by atoms with Gasteiger partial charge in [0.25, 0.3) is 10.1 Å². The molecule has 1 aromatic heterocycles. The Bertz CT molecular complexity index is 650. The number of thiophene rings is 1. The van der Waals surface area contributed by atoms with Crippen LogP contribution in [0.15, 0.2) is 39.0 Å². The third-order valence-corrected chi connectivity index (χ3v) is 4.43. The fourth-order valence-electron chi connectivity index (χ4n) is 1.44. The Hall–Kier alpha value is -0.890. The summed E-state index contributed by atoms with van der Waals surface area (Å²) in [6, 6.07) is 6.67. The molecule has 4 nitrogen and oxygen atoms in total. The lowest BCUT2D eigenvalue weighted by Crippen LogP contribution is -2.04. The van der Waals surface area contributed by atoms with Crippen molar-refractivity contribution < 1.29 is 13.0 Å². The van der Waals surface area contributed by atoms with E-state index in [1.807, 2.05) is 17.5 Å². The maximum absolute atomic E-state index is 11.2. The molecule has 1 aromatic carbocycles. The van der Waals surface area contributed by atoms with Crippen LogP contribution in [0.4, 0.5) is 5.69 Å². The van der Waals surface area contributed by atoms with Crippen molar-refractivity contribution in [3.05, 3.63) is 34.1 Å². The molecule has 0 radical (unpaired) electrons. The van der Waals surface area contributed by atoms with Crippen molar-refractivity contribution in [1.29, 1.82) is 0 Å². The number of nitrogen functional groups attached to an aromatic ring is 1. The summed E-state index contributed by atoms with van der Waals surface area (Å²) in [5.74, 6) is 0. The fraction of sp³-hybridized carbons (Fsp3) is 0. The molecule has 0 aliphatic rings. The summed E-state index contributed by atoms with van der Waals surface area (Å²) in [4.78, 5) is 0.559. The normalized spacial score (nSPS) is 11.6. The van der Waals surface area contributed by atoms with Crippen LogP contribution in [0.3, 0.4) is 0 Å². The molecule has 7 heteroatoms. The molecule has 0 saturated carbocycles. The lowest BCUT2D eigenvalue weighted by molar-refractivity contribution is 0.483. The van der Waals surface area contributed by atoms with E-state index in [1.54, 1.807) is 6.07 Å². The van der Waals surface area contributed by atoms with E-state index in [4.69, 9.17) is 10.3 Å². The van der Waals surface area contributed by atoms with Crippen molar-refractivity contribution in [3.63, 3.8) is 0 Å². The highest BCUT2D eigenvalue weighted by Gasteiger charge is 2.18. The summed E-state index contributed by atoms with van der Waals surface area (Å²) < 4.78 is 32.0. The molecule has 0 unspecified atom stereocenters. The van der Waals surface area contributed by atoms with Crippen molar-refractivity contribution >= 4 is 43.1 Å². The zero-order valence-electron chi connectivity index (χ0n) is 8.42.